The predicted octanol–water partition coefficient (Wildman–Crippen LogP) is 2.23. The number of rotatable bonds is 2. The van der Waals surface area contributed by atoms with Gasteiger partial charge in [0.15, 0.2) is 5.70 Å². The summed E-state index contributed by atoms with van der Waals surface area (Å²) in [6, 6.07) is -0.298. The summed E-state index contributed by atoms with van der Waals surface area (Å²) in [5.41, 5.74) is -1.57. The number of nitrogens with zero attached hydrogens (tertiary/aromatic N) is 1. The van der Waals surface area contributed by atoms with Crippen molar-refractivity contribution in [2.24, 2.45) is 0 Å². The van der Waals surface area contributed by atoms with Gasteiger partial charge in [-0.3, -0.25) is 0 Å². The van der Waals surface area contributed by atoms with Gasteiger partial charge in [-0.1, -0.05) is 11.6 Å². The molecular formula is C8H9ClF3N3O. The third kappa shape index (κ3) is 4.89. The molecule has 16 heavy (non-hydrogen) atoms. The molecule has 0 fully saturated rings. The van der Waals surface area contributed by atoms with Crippen LogP contribution in [0.4, 0.5) is 18.0 Å². The minimum atomic E-state index is -4.89. The molecule has 0 aromatic heterocycles. The molecule has 0 spiro atoms. The van der Waals surface area contributed by atoms with Crippen molar-refractivity contribution in [3.05, 3.63) is 10.7 Å². The number of allylic oxidation sites excluding steroid dienone is 2. The Morgan fingerprint density at radius 2 is 1.94 bits per heavy atom. The van der Waals surface area contributed by atoms with Crippen molar-refractivity contribution < 1.29 is 18.0 Å². The highest BCUT2D eigenvalue weighted by Gasteiger charge is 2.38. The molecule has 0 aromatic carbocycles. The van der Waals surface area contributed by atoms with E-state index in [0.29, 0.717) is 0 Å². The average Bonchev–Trinajstić information content (AvgIpc) is 2.10. The Morgan fingerprint density at radius 1 is 1.44 bits per heavy atom. The van der Waals surface area contributed by atoms with E-state index in [1.807, 2.05) is 0 Å². The zero-order valence-electron chi connectivity index (χ0n) is 8.44. The molecule has 0 unspecified atom stereocenters. The van der Waals surface area contributed by atoms with Crippen LogP contribution in [0.2, 0.25) is 0 Å². The lowest BCUT2D eigenvalue weighted by Gasteiger charge is -2.15. The van der Waals surface area contributed by atoms with Crippen LogP contribution in [0.3, 0.4) is 0 Å². The van der Waals surface area contributed by atoms with Crippen molar-refractivity contribution in [1.29, 1.82) is 5.26 Å². The van der Waals surface area contributed by atoms with Crippen molar-refractivity contribution in [3.63, 3.8) is 0 Å². The normalized spacial score (nSPS) is 12.9. The maximum Gasteiger partial charge on any atom is 0.433 e. The lowest BCUT2D eigenvalue weighted by molar-refractivity contribution is -0.0957. The molecule has 2 N–H and O–H groups in total. The highest BCUT2D eigenvalue weighted by atomic mass is 35.5. The van der Waals surface area contributed by atoms with E-state index in [4.69, 9.17) is 16.9 Å². The molecule has 0 saturated carbocycles. The van der Waals surface area contributed by atoms with Crippen LogP contribution in [-0.4, -0.2) is 18.2 Å². The number of nitrogens with one attached hydrogen (secondary N) is 2. The molecule has 0 saturated heterocycles. The number of urea groups is 1. The van der Waals surface area contributed by atoms with Crippen LogP contribution in [0.5, 0.6) is 0 Å². The lowest BCUT2D eigenvalue weighted by atomic mass is 10.4. The van der Waals surface area contributed by atoms with Crippen molar-refractivity contribution >= 4 is 17.6 Å². The molecule has 0 aliphatic carbocycles. The maximum atomic E-state index is 12.3. The molecule has 0 aromatic rings. The Balaban J connectivity index is 4.88. The van der Waals surface area contributed by atoms with Gasteiger partial charge in [0.05, 0.1) is 0 Å². The van der Waals surface area contributed by atoms with E-state index < -0.39 is 22.9 Å². The van der Waals surface area contributed by atoms with Crippen LogP contribution in [0.1, 0.15) is 13.8 Å². The summed E-state index contributed by atoms with van der Waals surface area (Å²) >= 11 is 5.05. The fourth-order valence-corrected chi connectivity index (χ4v) is 0.872. The second-order valence-electron chi connectivity index (χ2n) is 3.05. The summed E-state index contributed by atoms with van der Waals surface area (Å²) in [6.07, 6.45) is -4.89. The van der Waals surface area contributed by atoms with E-state index >= 15 is 0 Å². The average molecular weight is 256 g/mol. The minimum Gasteiger partial charge on any atom is -0.336 e. The van der Waals surface area contributed by atoms with Gasteiger partial charge in [-0.05, 0) is 13.8 Å². The zero-order chi connectivity index (χ0) is 12.9. The number of alkyl halides is 3. The molecule has 8 heteroatoms. The van der Waals surface area contributed by atoms with Crippen LogP contribution in [0.25, 0.3) is 0 Å². The molecule has 0 radical (unpaired) electrons. The van der Waals surface area contributed by atoms with E-state index in [1.165, 1.54) is 5.32 Å². The monoisotopic (exact) mass is 255 g/mol. The molecule has 0 aliphatic heterocycles. The topological polar surface area (TPSA) is 64.9 Å². The predicted molar refractivity (Wildman–Crippen MR) is 51.4 cm³/mol. The van der Waals surface area contributed by atoms with Gasteiger partial charge in [-0.25, -0.2) is 4.79 Å². The van der Waals surface area contributed by atoms with Crippen LogP contribution < -0.4 is 10.6 Å². The lowest BCUT2D eigenvalue weighted by Crippen LogP contribution is -2.42. The van der Waals surface area contributed by atoms with Gasteiger partial charge < -0.3 is 10.6 Å². The zero-order valence-corrected chi connectivity index (χ0v) is 9.20. The van der Waals surface area contributed by atoms with Gasteiger partial charge in [-0.15, -0.1) is 0 Å². The summed E-state index contributed by atoms with van der Waals surface area (Å²) in [6.45, 7) is 3.14. The third-order valence-electron chi connectivity index (χ3n) is 1.26. The minimum absolute atomic E-state index is 0.338. The van der Waals surface area contributed by atoms with E-state index in [0.717, 1.165) is 6.07 Å². The molecule has 2 amide bonds. The van der Waals surface area contributed by atoms with E-state index in [9.17, 15) is 18.0 Å². The summed E-state index contributed by atoms with van der Waals surface area (Å²) in [5, 5.41) is 10.8. The van der Waals surface area contributed by atoms with E-state index in [-0.39, 0.29) is 6.04 Å². The van der Waals surface area contributed by atoms with Crippen LogP contribution in [0.15, 0.2) is 10.7 Å². The van der Waals surface area contributed by atoms with Crippen LogP contribution in [0, 0.1) is 11.3 Å². The van der Waals surface area contributed by atoms with Gasteiger partial charge in [0.1, 0.15) is 11.1 Å². The maximum absolute atomic E-state index is 12.3. The van der Waals surface area contributed by atoms with Gasteiger partial charge in [0.2, 0.25) is 0 Å². The Morgan fingerprint density at radius 3 is 2.25 bits per heavy atom. The van der Waals surface area contributed by atoms with Crippen molar-refractivity contribution in [1.82, 2.24) is 10.6 Å². The number of nitriles is 1. The fraction of sp³-hybridized carbons (Fsp3) is 0.500. The van der Waals surface area contributed by atoms with Crippen LogP contribution in [-0.2, 0) is 0 Å². The second kappa shape index (κ2) is 5.61. The first kappa shape index (κ1) is 14.6. The van der Waals surface area contributed by atoms with Gasteiger partial charge in [0, 0.05) is 6.04 Å². The Bertz CT molecular complexity index is 343. The fourth-order valence-electron chi connectivity index (χ4n) is 0.718. The van der Waals surface area contributed by atoms with Crippen molar-refractivity contribution in [3.8, 4) is 6.07 Å². The third-order valence-corrected chi connectivity index (χ3v) is 1.53. The van der Waals surface area contributed by atoms with Gasteiger partial charge in [-0.2, -0.15) is 18.4 Å². The molecule has 0 bridgehead atoms. The largest absolute Gasteiger partial charge is 0.433 e. The molecule has 0 atom stereocenters. The van der Waals surface area contributed by atoms with Gasteiger partial charge >= 0.3 is 12.2 Å². The highest BCUT2D eigenvalue weighted by Crippen LogP contribution is 2.27. The number of carbonyl (C=O) groups is 1. The van der Waals surface area contributed by atoms with Crippen molar-refractivity contribution in [2.75, 3.05) is 0 Å². The Labute approximate surface area is 95.1 Å². The first-order valence-corrected chi connectivity index (χ1v) is 4.51. The molecular weight excluding hydrogens is 247 g/mol. The smallest absolute Gasteiger partial charge is 0.336 e. The van der Waals surface area contributed by atoms with Crippen molar-refractivity contribution in [2.45, 2.75) is 26.1 Å². The van der Waals surface area contributed by atoms with E-state index in [2.05, 4.69) is 5.32 Å². The highest BCUT2D eigenvalue weighted by molar-refractivity contribution is 6.32. The molecule has 4 nitrogen and oxygen atoms in total. The summed E-state index contributed by atoms with van der Waals surface area (Å²) in [5.74, 6) is 0. The quantitative estimate of drug-likeness (QED) is 0.743. The molecule has 90 valence electrons. The number of amides is 2. The Kier molecular flexibility index (Phi) is 5.11. The first-order chi connectivity index (χ1) is 7.18. The van der Waals surface area contributed by atoms with Gasteiger partial charge in [0.25, 0.3) is 0 Å². The first-order valence-electron chi connectivity index (χ1n) is 4.13. The second-order valence-corrected chi connectivity index (χ2v) is 3.43. The number of hydrogen-bond acceptors (Lipinski definition) is 2. The van der Waals surface area contributed by atoms with E-state index in [1.54, 1.807) is 13.8 Å². The Hall–Kier alpha value is -1.42. The number of halogens is 4. The number of carbonyl (C=O) groups excluding carboxylic acids is 1. The summed E-state index contributed by atoms with van der Waals surface area (Å²) < 4.78 is 37.0. The molecule has 0 aliphatic rings. The number of hydrogen-bond donors (Lipinski definition) is 2. The molecule has 0 rings (SSSR count). The molecule has 0 heterocycles. The SMILES string of the molecule is CC(C)NC(=O)N/C(=C(/Cl)C#N)C(F)(F)F. The standard InChI is InChI=1S/C8H9ClF3N3O/c1-4(2)14-7(16)15-6(5(9)3-13)8(10,11)12/h4H,1-2H3,(H2,14,15,16)/b6-5+. The summed E-state index contributed by atoms with van der Waals surface area (Å²) in [4.78, 5) is 11.0. The summed E-state index contributed by atoms with van der Waals surface area (Å²) in [7, 11) is 0. The van der Waals surface area contributed by atoms with Crippen LogP contribution >= 0.6 is 11.6 Å².